The van der Waals surface area contributed by atoms with Crippen LogP contribution in [0.5, 0.6) is 0 Å². The molecule has 1 aromatic carbocycles. The normalized spacial score (nSPS) is 14.4. The van der Waals surface area contributed by atoms with Gasteiger partial charge in [0.25, 0.3) is 0 Å². The molecular weight excluding hydrogens is 356 g/mol. The van der Waals surface area contributed by atoms with Gasteiger partial charge >= 0.3 is 0 Å². The minimum absolute atomic E-state index is 0.495. The molecule has 1 fully saturated rings. The minimum Gasteiger partial charge on any atom is -0.378 e. The first-order chi connectivity index (χ1) is 13.9. The molecule has 0 amide bonds. The molecular formula is C19H18N8O. The van der Waals surface area contributed by atoms with Gasteiger partial charge in [0, 0.05) is 30.7 Å². The number of anilines is 3. The summed E-state index contributed by atoms with van der Waals surface area (Å²) in [4.78, 5) is 11.5. The number of hydrogen-bond acceptors (Lipinski definition) is 8. The van der Waals surface area contributed by atoms with Gasteiger partial charge in [-0.25, -0.2) is 9.97 Å². The van der Waals surface area contributed by atoms with Crippen molar-refractivity contribution in [2.24, 2.45) is 0 Å². The van der Waals surface area contributed by atoms with E-state index in [1.54, 1.807) is 12.4 Å². The standard InChI is InChI=1S/C19H18N8O/c1-2-15(25-20-7-1)18-23-16-12-21-26-17(16)19(24-18)22-13-3-5-14(6-4-13)27-8-10-28-11-9-27/h1-7,12H,8-11H2,(H,21,26)(H,22,23,24). The summed E-state index contributed by atoms with van der Waals surface area (Å²) >= 11 is 0. The van der Waals surface area contributed by atoms with Crippen LogP contribution in [-0.4, -0.2) is 56.7 Å². The first kappa shape index (κ1) is 16.6. The molecule has 28 heavy (non-hydrogen) atoms. The SMILES string of the molecule is c1cnnc(-c2nc(Nc3ccc(N4CCOCC4)cc3)c3[nH]ncc3n2)c1. The molecule has 0 radical (unpaired) electrons. The molecule has 0 saturated carbocycles. The van der Waals surface area contributed by atoms with Crippen LogP contribution in [0.3, 0.4) is 0 Å². The maximum atomic E-state index is 5.42. The summed E-state index contributed by atoms with van der Waals surface area (Å²) in [7, 11) is 0. The Bertz CT molecular complexity index is 1070. The van der Waals surface area contributed by atoms with E-state index in [0.717, 1.165) is 37.5 Å². The lowest BCUT2D eigenvalue weighted by Crippen LogP contribution is -2.36. The van der Waals surface area contributed by atoms with E-state index in [4.69, 9.17) is 4.74 Å². The summed E-state index contributed by atoms with van der Waals surface area (Å²) < 4.78 is 5.42. The smallest absolute Gasteiger partial charge is 0.182 e. The molecule has 4 aromatic rings. The number of nitrogens with one attached hydrogen (secondary N) is 2. The van der Waals surface area contributed by atoms with Crippen LogP contribution in [0, 0.1) is 0 Å². The number of H-pyrrole nitrogens is 1. The van der Waals surface area contributed by atoms with Crippen molar-refractivity contribution in [2.75, 3.05) is 36.5 Å². The van der Waals surface area contributed by atoms with Gasteiger partial charge in [0.15, 0.2) is 11.6 Å². The Kier molecular flexibility index (Phi) is 4.26. The molecule has 140 valence electrons. The summed E-state index contributed by atoms with van der Waals surface area (Å²) in [5.41, 5.74) is 4.17. The molecule has 5 rings (SSSR count). The van der Waals surface area contributed by atoms with Crippen LogP contribution in [0.25, 0.3) is 22.6 Å². The van der Waals surface area contributed by atoms with Crippen molar-refractivity contribution in [3.05, 3.63) is 48.8 Å². The van der Waals surface area contributed by atoms with Crippen molar-refractivity contribution in [2.45, 2.75) is 0 Å². The highest BCUT2D eigenvalue weighted by atomic mass is 16.5. The second kappa shape index (κ2) is 7.20. The number of aromatic nitrogens is 6. The topological polar surface area (TPSA) is 105 Å². The molecule has 4 heterocycles. The van der Waals surface area contributed by atoms with E-state index >= 15 is 0 Å². The van der Waals surface area contributed by atoms with E-state index in [9.17, 15) is 0 Å². The minimum atomic E-state index is 0.495. The van der Waals surface area contributed by atoms with E-state index in [2.05, 4.69) is 52.7 Å². The number of nitrogens with zero attached hydrogens (tertiary/aromatic N) is 6. The zero-order chi connectivity index (χ0) is 18.8. The lowest BCUT2D eigenvalue weighted by atomic mass is 10.2. The lowest BCUT2D eigenvalue weighted by Gasteiger charge is -2.28. The molecule has 2 N–H and O–H groups in total. The van der Waals surface area contributed by atoms with Gasteiger partial charge < -0.3 is 15.0 Å². The fraction of sp³-hybridized carbons (Fsp3) is 0.211. The van der Waals surface area contributed by atoms with Crippen LogP contribution in [-0.2, 0) is 4.74 Å². The van der Waals surface area contributed by atoms with E-state index in [1.807, 2.05) is 24.3 Å². The van der Waals surface area contributed by atoms with Gasteiger partial charge in [-0.1, -0.05) is 0 Å². The van der Waals surface area contributed by atoms with E-state index in [1.165, 1.54) is 5.69 Å². The van der Waals surface area contributed by atoms with Gasteiger partial charge in [0.05, 0.1) is 19.4 Å². The average molecular weight is 374 g/mol. The number of morpholine rings is 1. The number of fused-ring (bicyclic) bond motifs is 1. The van der Waals surface area contributed by atoms with Crippen LogP contribution >= 0.6 is 0 Å². The zero-order valence-electron chi connectivity index (χ0n) is 15.0. The zero-order valence-corrected chi connectivity index (χ0v) is 15.0. The number of benzene rings is 1. The molecule has 1 aliphatic rings. The van der Waals surface area contributed by atoms with Crippen LogP contribution in [0.15, 0.2) is 48.8 Å². The monoisotopic (exact) mass is 374 g/mol. The van der Waals surface area contributed by atoms with Crippen LogP contribution in [0.2, 0.25) is 0 Å². The van der Waals surface area contributed by atoms with Gasteiger partial charge in [0.2, 0.25) is 0 Å². The Hall–Kier alpha value is -3.59. The molecule has 0 aliphatic carbocycles. The van der Waals surface area contributed by atoms with Crippen LogP contribution in [0.4, 0.5) is 17.2 Å². The highest BCUT2D eigenvalue weighted by Crippen LogP contribution is 2.26. The quantitative estimate of drug-likeness (QED) is 0.561. The Morgan fingerprint density at radius 3 is 2.68 bits per heavy atom. The first-order valence-corrected chi connectivity index (χ1v) is 9.06. The van der Waals surface area contributed by atoms with Gasteiger partial charge in [0.1, 0.15) is 16.7 Å². The number of hydrogen-bond donors (Lipinski definition) is 2. The molecule has 1 saturated heterocycles. The maximum absolute atomic E-state index is 5.42. The Morgan fingerprint density at radius 2 is 1.89 bits per heavy atom. The highest BCUT2D eigenvalue weighted by molar-refractivity contribution is 5.88. The van der Waals surface area contributed by atoms with Crippen LogP contribution < -0.4 is 10.2 Å². The third-order valence-corrected chi connectivity index (χ3v) is 4.61. The van der Waals surface area contributed by atoms with Gasteiger partial charge in [-0.15, -0.1) is 5.10 Å². The fourth-order valence-corrected chi connectivity index (χ4v) is 3.18. The Balaban J connectivity index is 1.45. The largest absolute Gasteiger partial charge is 0.378 e. The first-order valence-electron chi connectivity index (χ1n) is 9.06. The molecule has 9 heteroatoms. The maximum Gasteiger partial charge on any atom is 0.182 e. The summed E-state index contributed by atoms with van der Waals surface area (Å²) in [6.45, 7) is 3.36. The third-order valence-electron chi connectivity index (χ3n) is 4.61. The second-order valence-corrected chi connectivity index (χ2v) is 6.41. The second-order valence-electron chi connectivity index (χ2n) is 6.41. The summed E-state index contributed by atoms with van der Waals surface area (Å²) in [5.74, 6) is 1.14. The molecule has 1 aliphatic heterocycles. The Labute approximate surface area is 160 Å². The van der Waals surface area contributed by atoms with Crippen molar-refractivity contribution in [3.8, 4) is 11.5 Å². The predicted octanol–water partition coefficient (Wildman–Crippen LogP) is 2.39. The predicted molar refractivity (Wildman–Crippen MR) is 105 cm³/mol. The summed E-state index contributed by atoms with van der Waals surface area (Å²) in [6, 6.07) is 11.9. The number of aromatic amines is 1. The average Bonchev–Trinajstić information content (AvgIpc) is 3.25. The number of rotatable bonds is 4. The van der Waals surface area contributed by atoms with E-state index in [-0.39, 0.29) is 0 Å². The van der Waals surface area contributed by atoms with Crippen molar-refractivity contribution in [3.63, 3.8) is 0 Å². The lowest BCUT2D eigenvalue weighted by molar-refractivity contribution is 0.122. The summed E-state index contributed by atoms with van der Waals surface area (Å²) in [5, 5.41) is 18.4. The molecule has 0 atom stereocenters. The van der Waals surface area contributed by atoms with Crippen molar-refractivity contribution >= 4 is 28.2 Å². The molecule has 0 bridgehead atoms. The molecule has 9 nitrogen and oxygen atoms in total. The van der Waals surface area contributed by atoms with Crippen molar-refractivity contribution in [1.29, 1.82) is 0 Å². The molecule has 0 unspecified atom stereocenters. The van der Waals surface area contributed by atoms with E-state index in [0.29, 0.717) is 22.9 Å². The van der Waals surface area contributed by atoms with Gasteiger partial charge in [-0.3, -0.25) is 5.10 Å². The number of ether oxygens (including phenoxy) is 1. The van der Waals surface area contributed by atoms with Crippen molar-refractivity contribution in [1.82, 2.24) is 30.4 Å². The molecule has 3 aromatic heterocycles. The fourth-order valence-electron chi connectivity index (χ4n) is 3.18. The van der Waals surface area contributed by atoms with E-state index < -0.39 is 0 Å². The van der Waals surface area contributed by atoms with Crippen molar-refractivity contribution < 1.29 is 4.74 Å². The van der Waals surface area contributed by atoms with Gasteiger partial charge in [-0.05, 0) is 36.4 Å². The Morgan fingerprint density at radius 1 is 1.04 bits per heavy atom. The third kappa shape index (κ3) is 3.23. The van der Waals surface area contributed by atoms with Gasteiger partial charge in [-0.2, -0.15) is 10.2 Å². The molecule has 0 spiro atoms. The highest BCUT2D eigenvalue weighted by Gasteiger charge is 2.14. The van der Waals surface area contributed by atoms with Crippen LogP contribution in [0.1, 0.15) is 0 Å². The summed E-state index contributed by atoms with van der Waals surface area (Å²) in [6.07, 6.45) is 3.29.